The zero-order valence-electron chi connectivity index (χ0n) is 25.8. The van der Waals surface area contributed by atoms with Gasteiger partial charge in [0.15, 0.2) is 9.84 Å². The van der Waals surface area contributed by atoms with Crippen LogP contribution in [0.5, 0.6) is 0 Å². The predicted octanol–water partition coefficient (Wildman–Crippen LogP) is 6.20. The molecule has 1 amide bonds. The van der Waals surface area contributed by atoms with Gasteiger partial charge in [0.1, 0.15) is 0 Å². The number of benzene rings is 3. The average molecular weight is 679 g/mol. The van der Waals surface area contributed by atoms with Crippen molar-refractivity contribution in [3.05, 3.63) is 95.1 Å². The molecule has 1 fully saturated rings. The van der Waals surface area contributed by atoms with Crippen molar-refractivity contribution in [3.63, 3.8) is 0 Å². The van der Waals surface area contributed by atoms with E-state index >= 15 is 0 Å². The van der Waals surface area contributed by atoms with Crippen molar-refractivity contribution in [2.24, 2.45) is 0 Å². The molecular weight excluding hydrogens is 643 g/mol. The van der Waals surface area contributed by atoms with Crippen molar-refractivity contribution < 1.29 is 39.9 Å². The number of nitriles is 1. The predicted molar refractivity (Wildman–Crippen MR) is 165 cm³/mol. The van der Waals surface area contributed by atoms with Gasteiger partial charge in [0.25, 0.3) is 5.91 Å². The maximum Gasteiger partial charge on any atom is 0.416 e. The number of ether oxygens (including phenoxy) is 1. The van der Waals surface area contributed by atoms with Crippen molar-refractivity contribution in [2.75, 3.05) is 36.9 Å². The van der Waals surface area contributed by atoms with E-state index in [0.29, 0.717) is 36.4 Å². The number of hydrogen-bond donors (Lipinski definition) is 1. The number of hydrogen-bond acceptors (Lipinski definition) is 7. The van der Waals surface area contributed by atoms with Crippen LogP contribution in [-0.4, -0.2) is 63.4 Å². The van der Waals surface area contributed by atoms with Crippen LogP contribution in [0.25, 0.3) is 0 Å². The molecule has 0 radical (unpaired) electrons. The first kappa shape index (κ1) is 35.8. The van der Waals surface area contributed by atoms with E-state index in [4.69, 9.17) is 4.74 Å². The molecule has 4 rings (SSSR count). The molecule has 8 nitrogen and oxygen atoms in total. The summed E-state index contributed by atoms with van der Waals surface area (Å²) in [5, 5.41) is 12.2. The van der Waals surface area contributed by atoms with Crippen LogP contribution in [0.3, 0.4) is 0 Å². The molecule has 1 aliphatic heterocycles. The van der Waals surface area contributed by atoms with E-state index < -0.39 is 45.7 Å². The lowest BCUT2D eigenvalue weighted by Crippen LogP contribution is -2.63. The monoisotopic (exact) mass is 678 g/mol. The number of sulfone groups is 1. The third-order valence-corrected chi connectivity index (χ3v) is 9.88. The van der Waals surface area contributed by atoms with E-state index in [9.17, 15) is 40.4 Å². The fourth-order valence-electron chi connectivity index (χ4n) is 5.61. The molecule has 0 bridgehead atoms. The summed E-state index contributed by atoms with van der Waals surface area (Å²) in [4.78, 5) is 17.2. The number of amides is 1. The fourth-order valence-corrected chi connectivity index (χ4v) is 6.49. The van der Waals surface area contributed by atoms with E-state index in [1.54, 1.807) is 43.3 Å². The zero-order valence-corrected chi connectivity index (χ0v) is 26.6. The number of halogens is 5. The Balaban J connectivity index is 1.47. The molecule has 1 saturated heterocycles. The molecule has 1 aliphatic rings. The first-order chi connectivity index (χ1) is 22.1. The number of alkyl halides is 5. The Bertz CT molecular complexity index is 1660. The van der Waals surface area contributed by atoms with Crippen LogP contribution in [-0.2, 0) is 27.3 Å². The third-order valence-electron chi connectivity index (χ3n) is 8.13. The average Bonchev–Trinajstić information content (AvgIpc) is 3.04. The number of rotatable bonds is 12. The van der Waals surface area contributed by atoms with Gasteiger partial charge < -0.3 is 15.0 Å². The third kappa shape index (κ3) is 9.06. The molecule has 0 aliphatic carbocycles. The standard InChI is InChI=1S/C33H35F5N4O4S/c1-3-47(44,45)28-14-8-24(9-15-28)29(16-17-39)40-30(43)25-6-12-27(13-7-25)42-19-18-41(21-32(42,2)22-46-31(34)35)20-23-4-10-26(11-5-23)33(36,37)38/h4-15,29,31H,3,16,18-22H2,1-2H3,(H,40,43)/t29-,32+/m0/s1. The first-order valence-corrected chi connectivity index (χ1v) is 16.5. The molecule has 0 aromatic heterocycles. The van der Waals surface area contributed by atoms with Gasteiger partial charge in [-0.2, -0.15) is 27.2 Å². The Morgan fingerprint density at radius 1 is 1.02 bits per heavy atom. The first-order valence-electron chi connectivity index (χ1n) is 14.8. The maximum atomic E-state index is 13.2. The normalized spacial score (nSPS) is 18.1. The highest BCUT2D eigenvalue weighted by Gasteiger charge is 2.39. The quantitative estimate of drug-likeness (QED) is 0.228. The Kier molecular flexibility index (Phi) is 11.3. The minimum absolute atomic E-state index is 0.0526. The van der Waals surface area contributed by atoms with Gasteiger partial charge in [-0.25, -0.2) is 8.42 Å². The molecule has 14 heteroatoms. The number of anilines is 1. The minimum atomic E-state index is -4.45. The Morgan fingerprint density at radius 3 is 2.21 bits per heavy atom. The highest BCUT2D eigenvalue weighted by molar-refractivity contribution is 7.91. The van der Waals surface area contributed by atoms with E-state index in [2.05, 4.69) is 5.32 Å². The topological polar surface area (TPSA) is 103 Å². The number of nitrogens with zero attached hydrogens (tertiary/aromatic N) is 3. The smallest absolute Gasteiger partial charge is 0.361 e. The van der Waals surface area contributed by atoms with Crippen LogP contribution >= 0.6 is 0 Å². The van der Waals surface area contributed by atoms with Crippen molar-refractivity contribution >= 4 is 21.4 Å². The summed E-state index contributed by atoms with van der Waals surface area (Å²) in [7, 11) is -3.41. The van der Waals surface area contributed by atoms with Gasteiger partial charge in [-0.3, -0.25) is 9.69 Å². The molecule has 0 saturated carbocycles. The maximum absolute atomic E-state index is 13.2. The second-order valence-electron chi connectivity index (χ2n) is 11.5. The van der Waals surface area contributed by atoms with E-state index in [-0.39, 0.29) is 35.8 Å². The lowest BCUT2D eigenvalue weighted by molar-refractivity contribution is -0.143. The summed E-state index contributed by atoms with van der Waals surface area (Å²) >= 11 is 0. The van der Waals surface area contributed by atoms with Crippen LogP contribution in [0.15, 0.2) is 77.7 Å². The zero-order chi connectivity index (χ0) is 34.4. The van der Waals surface area contributed by atoms with E-state index in [1.807, 2.05) is 15.9 Å². The fraction of sp³-hybridized carbons (Fsp3) is 0.394. The number of carbonyl (C=O) groups is 1. The van der Waals surface area contributed by atoms with Crippen molar-refractivity contribution in [3.8, 4) is 6.07 Å². The van der Waals surface area contributed by atoms with E-state index in [0.717, 1.165) is 12.1 Å². The molecule has 2 atom stereocenters. The van der Waals surface area contributed by atoms with Crippen LogP contribution < -0.4 is 10.2 Å². The minimum Gasteiger partial charge on any atom is -0.361 e. The highest BCUT2D eigenvalue weighted by atomic mass is 32.2. The number of piperazine rings is 1. The number of nitrogens with one attached hydrogen (secondary N) is 1. The van der Waals surface area contributed by atoms with E-state index in [1.165, 1.54) is 31.2 Å². The number of carbonyl (C=O) groups excluding carboxylic acids is 1. The molecule has 252 valence electrons. The van der Waals surface area contributed by atoms with Gasteiger partial charge in [-0.05, 0) is 66.6 Å². The van der Waals surface area contributed by atoms with Gasteiger partial charge in [-0.1, -0.05) is 31.2 Å². The Hall–Kier alpha value is -4.06. The van der Waals surface area contributed by atoms with Crippen molar-refractivity contribution in [1.29, 1.82) is 5.26 Å². The summed E-state index contributed by atoms with van der Waals surface area (Å²) in [6.07, 6.45) is -4.50. The van der Waals surface area contributed by atoms with Crippen molar-refractivity contribution in [2.45, 2.75) is 56.1 Å². The molecule has 47 heavy (non-hydrogen) atoms. The summed E-state index contributed by atoms with van der Waals surface area (Å²) in [5.41, 5.74) is 0.453. The summed E-state index contributed by atoms with van der Waals surface area (Å²) in [6, 6.07) is 18.7. The molecule has 0 spiro atoms. The molecule has 3 aromatic carbocycles. The largest absolute Gasteiger partial charge is 0.416 e. The SMILES string of the molecule is CCS(=O)(=O)c1ccc([C@H](CC#N)NC(=O)c2ccc(N3CCN(Cc4ccc(C(F)(F)F)cc4)C[C@]3(C)COC(F)F)cc2)cc1. The van der Waals surface area contributed by atoms with Crippen LogP contribution in [0.2, 0.25) is 0 Å². The molecule has 0 unspecified atom stereocenters. The van der Waals surface area contributed by atoms with Gasteiger partial charge in [0, 0.05) is 37.4 Å². The van der Waals surface area contributed by atoms with Gasteiger partial charge in [0.2, 0.25) is 0 Å². The van der Waals surface area contributed by atoms with Crippen LogP contribution in [0, 0.1) is 11.3 Å². The lowest BCUT2D eigenvalue weighted by atomic mass is 9.95. The van der Waals surface area contributed by atoms with Gasteiger partial charge in [0.05, 0.1) is 46.9 Å². The Labute approximate surface area is 270 Å². The molecule has 1 N–H and O–H groups in total. The summed E-state index contributed by atoms with van der Waals surface area (Å²) in [5.74, 6) is -0.524. The highest BCUT2D eigenvalue weighted by Crippen LogP contribution is 2.32. The van der Waals surface area contributed by atoms with Gasteiger partial charge >= 0.3 is 12.8 Å². The molecule has 1 heterocycles. The molecular formula is C33H35F5N4O4S. The summed E-state index contributed by atoms with van der Waals surface area (Å²) in [6.45, 7) is 1.44. The summed E-state index contributed by atoms with van der Waals surface area (Å²) < 4.78 is 94.2. The van der Waals surface area contributed by atoms with Gasteiger partial charge in [-0.15, -0.1) is 0 Å². The second-order valence-corrected chi connectivity index (χ2v) is 13.8. The Morgan fingerprint density at radius 2 is 1.66 bits per heavy atom. The second kappa shape index (κ2) is 14.8. The lowest BCUT2D eigenvalue weighted by Gasteiger charge is -2.50. The van der Waals surface area contributed by atoms with Crippen molar-refractivity contribution in [1.82, 2.24) is 10.2 Å². The van der Waals surface area contributed by atoms with Crippen LogP contribution in [0.4, 0.5) is 27.6 Å². The molecule has 3 aromatic rings. The van der Waals surface area contributed by atoms with Crippen LogP contribution in [0.1, 0.15) is 53.4 Å².